The topological polar surface area (TPSA) is 72.4 Å². The van der Waals surface area contributed by atoms with Crippen molar-refractivity contribution in [1.82, 2.24) is 10.3 Å². The fourth-order valence-electron chi connectivity index (χ4n) is 2.92. The lowest BCUT2D eigenvalue weighted by Gasteiger charge is -2.25. The molecule has 0 aromatic heterocycles. The summed E-state index contributed by atoms with van der Waals surface area (Å²) in [5, 5.41) is 5.38. The van der Waals surface area contributed by atoms with Gasteiger partial charge in [0.2, 0.25) is 0 Å². The Balaban J connectivity index is 1.61. The van der Waals surface area contributed by atoms with Crippen molar-refractivity contribution in [2.24, 2.45) is 5.10 Å². The summed E-state index contributed by atoms with van der Waals surface area (Å²) in [5.41, 5.74) is 3.92. The van der Waals surface area contributed by atoms with E-state index < -0.39 is 0 Å². The van der Waals surface area contributed by atoms with E-state index in [-0.39, 0.29) is 19.1 Å². The number of nitrogens with zero attached hydrogens (tertiary/aromatic N) is 2. The van der Waals surface area contributed by atoms with Gasteiger partial charge in [0.1, 0.15) is 6.61 Å². The molecule has 1 fully saturated rings. The molecule has 1 heterocycles. The molecule has 0 saturated carbocycles. The lowest BCUT2D eigenvalue weighted by atomic mass is 10.2. The zero-order valence-corrected chi connectivity index (χ0v) is 19.1. The Morgan fingerprint density at radius 1 is 1.19 bits per heavy atom. The van der Waals surface area contributed by atoms with Gasteiger partial charge in [-0.1, -0.05) is 40.9 Å². The van der Waals surface area contributed by atoms with Gasteiger partial charge in [-0.05, 0) is 29.8 Å². The number of hydrazone groups is 1. The molecule has 0 bridgehead atoms. The molecule has 1 aliphatic heterocycles. The molecule has 7 nitrogen and oxygen atoms in total. The average molecular weight is 487 g/mol. The molecule has 10 heteroatoms. The highest BCUT2D eigenvalue weighted by atomic mass is 35.5. The van der Waals surface area contributed by atoms with Crippen molar-refractivity contribution in [3.63, 3.8) is 0 Å². The number of amides is 1. The van der Waals surface area contributed by atoms with E-state index in [2.05, 4.69) is 10.5 Å². The molecule has 0 unspecified atom stereocenters. The van der Waals surface area contributed by atoms with Crippen molar-refractivity contribution >= 4 is 46.9 Å². The van der Waals surface area contributed by atoms with E-state index in [0.717, 1.165) is 18.7 Å². The first-order valence-corrected chi connectivity index (χ1v) is 10.7. The molecule has 1 aliphatic rings. The summed E-state index contributed by atoms with van der Waals surface area (Å²) in [6.45, 7) is 3.18. The molecular weight excluding hydrogens is 465 g/mol. The number of benzene rings is 2. The fraction of sp³-hybridized carbons (Fsp3) is 0.333. The molecule has 0 radical (unpaired) electrons. The zero-order chi connectivity index (χ0) is 22.2. The highest BCUT2D eigenvalue weighted by Crippen LogP contribution is 2.37. The van der Waals surface area contributed by atoms with Crippen molar-refractivity contribution in [2.75, 3.05) is 40.0 Å². The van der Waals surface area contributed by atoms with Crippen molar-refractivity contribution in [3.8, 4) is 11.5 Å². The highest BCUT2D eigenvalue weighted by Gasteiger charge is 2.15. The molecule has 1 N–H and O–H groups in total. The van der Waals surface area contributed by atoms with E-state index in [1.165, 1.54) is 13.3 Å². The number of rotatable bonds is 8. The van der Waals surface area contributed by atoms with Gasteiger partial charge in [0.25, 0.3) is 5.91 Å². The largest absolute Gasteiger partial charge is 0.493 e. The van der Waals surface area contributed by atoms with Gasteiger partial charge in [-0.25, -0.2) is 5.43 Å². The van der Waals surface area contributed by atoms with Crippen LogP contribution in [0.2, 0.25) is 15.1 Å². The minimum absolute atomic E-state index is 0.192. The van der Waals surface area contributed by atoms with E-state index >= 15 is 0 Å². The number of carbonyl (C=O) groups is 1. The van der Waals surface area contributed by atoms with E-state index in [0.29, 0.717) is 45.3 Å². The number of halogens is 3. The Labute approximate surface area is 195 Å². The maximum atomic E-state index is 12.0. The molecule has 0 atom stereocenters. The maximum absolute atomic E-state index is 12.0. The van der Waals surface area contributed by atoms with Gasteiger partial charge in [0.15, 0.2) is 11.5 Å². The van der Waals surface area contributed by atoms with Gasteiger partial charge < -0.3 is 14.2 Å². The third kappa shape index (κ3) is 6.98. The maximum Gasteiger partial charge on any atom is 0.254 e. The highest BCUT2D eigenvalue weighted by molar-refractivity contribution is 6.35. The fourth-order valence-corrected chi connectivity index (χ4v) is 3.66. The minimum Gasteiger partial charge on any atom is -0.493 e. The van der Waals surface area contributed by atoms with Gasteiger partial charge in [-0.2, -0.15) is 5.10 Å². The molecule has 1 amide bonds. The smallest absolute Gasteiger partial charge is 0.254 e. The normalized spacial score (nSPS) is 14.6. The number of methoxy groups -OCH3 is 1. The summed E-state index contributed by atoms with van der Waals surface area (Å²) in [5.74, 6) is 0.610. The second kappa shape index (κ2) is 11.5. The average Bonchev–Trinajstić information content (AvgIpc) is 2.74. The Hall–Kier alpha value is -2.03. The Morgan fingerprint density at radius 2 is 1.97 bits per heavy atom. The van der Waals surface area contributed by atoms with Crippen LogP contribution in [-0.2, 0) is 16.1 Å². The first-order valence-electron chi connectivity index (χ1n) is 9.52. The van der Waals surface area contributed by atoms with Gasteiger partial charge in [-0.15, -0.1) is 0 Å². The molecule has 1 saturated heterocycles. The number of hydrogen-bond acceptors (Lipinski definition) is 6. The van der Waals surface area contributed by atoms with Crippen LogP contribution in [0.25, 0.3) is 0 Å². The van der Waals surface area contributed by atoms with E-state index in [1.54, 1.807) is 30.3 Å². The molecule has 0 spiro atoms. The van der Waals surface area contributed by atoms with Gasteiger partial charge >= 0.3 is 0 Å². The third-order valence-corrected chi connectivity index (χ3v) is 5.38. The predicted molar refractivity (Wildman–Crippen MR) is 122 cm³/mol. The summed E-state index contributed by atoms with van der Waals surface area (Å²) in [7, 11) is 1.51. The SMILES string of the molecule is COc1cc(/C=N/NC(=O)CN2CCOCC2)cc(Cl)c1OCc1ccc(Cl)cc1Cl. The van der Waals surface area contributed by atoms with Crippen molar-refractivity contribution in [3.05, 3.63) is 56.5 Å². The molecule has 31 heavy (non-hydrogen) atoms. The van der Waals surface area contributed by atoms with Crippen LogP contribution in [-0.4, -0.2) is 57.0 Å². The van der Waals surface area contributed by atoms with Crippen LogP contribution in [0, 0.1) is 0 Å². The second-order valence-corrected chi connectivity index (χ2v) is 7.99. The van der Waals surface area contributed by atoms with Gasteiger partial charge in [0, 0.05) is 28.7 Å². The van der Waals surface area contributed by atoms with E-state index in [9.17, 15) is 4.79 Å². The number of hydrogen-bond donors (Lipinski definition) is 1. The zero-order valence-electron chi connectivity index (χ0n) is 16.9. The number of ether oxygens (including phenoxy) is 3. The monoisotopic (exact) mass is 485 g/mol. The first-order chi connectivity index (χ1) is 15.0. The van der Waals surface area contributed by atoms with E-state index in [4.69, 9.17) is 49.0 Å². The predicted octanol–water partition coefficient (Wildman–Crippen LogP) is 4.02. The second-order valence-electron chi connectivity index (χ2n) is 6.74. The standard InChI is InChI=1S/C21H22Cl3N3O4/c1-29-19-9-14(11-25-26-20(28)12-27-4-6-30-7-5-27)8-18(24)21(19)31-13-15-2-3-16(22)10-17(15)23/h2-3,8-11H,4-7,12-13H2,1H3,(H,26,28)/b25-11+. The summed E-state index contributed by atoms with van der Waals surface area (Å²) >= 11 is 18.5. The van der Waals surface area contributed by atoms with Crippen LogP contribution in [0.15, 0.2) is 35.4 Å². The summed E-state index contributed by atoms with van der Waals surface area (Å²) in [6.07, 6.45) is 1.49. The van der Waals surface area contributed by atoms with Crippen LogP contribution < -0.4 is 14.9 Å². The molecule has 166 valence electrons. The van der Waals surface area contributed by atoms with Crippen LogP contribution >= 0.6 is 34.8 Å². The van der Waals surface area contributed by atoms with Crippen molar-refractivity contribution in [1.29, 1.82) is 0 Å². The molecule has 2 aromatic rings. The summed E-state index contributed by atoms with van der Waals surface area (Å²) in [6, 6.07) is 8.54. The Bertz CT molecular complexity index is 950. The van der Waals surface area contributed by atoms with Crippen LogP contribution in [0.4, 0.5) is 0 Å². The number of morpholine rings is 1. The van der Waals surface area contributed by atoms with Crippen molar-refractivity contribution in [2.45, 2.75) is 6.61 Å². The quantitative estimate of drug-likeness (QED) is 0.451. The van der Waals surface area contributed by atoms with Gasteiger partial charge in [-0.3, -0.25) is 9.69 Å². The molecule has 2 aromatic carbocycles. The lowest BCUT2D eigenvalue weighted by molar-refractivity contribution is -0.123. The van der Waals surface area contributed by atoms with Crippen LogP contribution in [0.5, 0.6) is 11.5 Å². The third-order valence-electron chi connectivity index (χ3n) is 4.51. The lowest BCUT2D eigenvalue weighted by Crippen LogP contribution is -2.42. The molecule has 0 aliphatic carbocycles. The first kappa shape index (κ1) is 23.6. The minimum atomic E-state index is -0.198. The summed E-state index contributed by atoms with van der Waals surface area (Å²) in [4.78, 5) is 14.0. The Morgan fingerprint density at radius 3 is 2.68 bits per heavy atom. The van der Waals surface area contributed by atoms with Crippen LogP contribution in [0.3, 0.4) is 0 Å². The van der Waals surface area contributed by atoms with Gasteiger partial charge in [0.05, 0.1) is 38.1 Å². The Kier molecular flexibility index (Phi) is 8.80. The molecule has 3 rings (SSSR count). The van der Waals surface area contributed by atoms with E-state index in [1.807, 2.05) is 4.90 Å². The van der Waals surface area contributed by atoms with Crippen LogP contribution in [0.1, 0.15) is 11.1 Å². The summed E-state index contributed by atoms with van der Waals surface area (Å²) < 4.78 is 16.5. The number of carbonyl (C=O) groups excluding carboxylic acids is 1. The van der Waals surface area contributed by atoms with Crippen molar-refractivity contribution < 1.29 is 19.0 Å². The molecular formula is C21H22Cl3N3O4. The number of nitrogens with one attached hydrogen (secondary N) is 1.